The molecule has 0 aromatic carbocycles. The van der Waals surface area contributed by atoms with E-state index in [1.807, 2.05) is 17.9 Å². The lowest BCUT2D eigenvalue weighted by atomic mass is 10.2. The Bertz CT molecular complexity index is 429. The maximum atomic E-state index is 12.5. The van der Waals surface area contributed by atoms with Crippen molar-refractivity contribution in [2.24, 2.45) is 5.92 Å². The first-order chi connectivity index (χ1) is 9.24. The predicted molar refractivity (Wildman–Crippen MR) is 77.3 cm³/mol. The van der Waals surface area contributed by atoms with Gasteiger partial charge in [-0.25, -0.2) is 4.98 Å². The highest BCUT2D eigenvalue weighted by molar-refractivity contribution is 5.94. The van der Waals surface area contributed by atoms with Gasteiger partial charge in [-0.05, 0) is 44.2 Å². The summed E-state index contributed by atoms with van der Waals surface area (Å²) >= 11 is 0. The molecule has 0 unspecified atom stereocenters. The molecule has 1 aromatic rings. The van der Waals surface area contributed by atoms with Crippen LogP contribution in [0, 0.1) is 5.92 Å². The minimum absolute atomic E-state index is 0.135. The normalized spacial score (nSPS) is 14.2. The first-order valence-electron chi connectivity index (χ1n) is 7.23. The standard InChI is InChI=1S/C15H23N3O/c1-3-9-18(11-12-5-6-12)15(19)13-7-8-17-14(10-13)16-4-2/h7-8,10,12H,3-6,9,11H2,1-2H3,(H,16,17). The first kappa shape index (κ1) is 13.8. The van der Waals surface area contributed by atoms with Crippen LogP contribution >= 0.6 is 0 Å². The molecule has 1 amide bonds. The number of hydrogen-bond acceptors (Lipinski definition) is 3. The maximum absolute atomic E-state index is 12.5. The highest BCUT2D eigenvalue weighted by atomic mass is 16.2. The molecule has 0 atom stereocenters. The fourth-order valence-corrected chi connectivity index (χ4v) is 2.18. The number of nitrogens with zero attached hydrogens (tertiary/aromatic N) is 2. The maximum Gasteiger partial charge on any atom is 0.254 e. The third kappa shape index (κ3) is 3.94. The van der Waals surface area contributed by atoms with Crippen molar-refractivity contribution in [3.05, 3.63) is 23.9 Å². The molecule has 4 heteroatoms. The largest absolute Gasteiger partial charge is 0.370 e. The molecule has 1 saturated carbocycles. The number of rotatable bonds is 7. The van der Waals surface area contributed by atoms with Crippen molar-refractivity contribution in [3.8, 4) is 0 Å². The van der Waals surface area contributed by atoms with Gasteiger partial charge in [0.15, 0.2) is 0 Å². The average molecular weight is 261 g/mol. The topological polar surface area (TPSA) is 45.2 Å². The van der Waals surface area contributed by atoms with Gasteiger partial charge in [0.05, 0.1) is 0 Å². The zero-order valence-electron chi connectivity index (χ0n) is 11.9. The average Bonchev–Trinajstić information content (AvgIpc) is 3.22. The van der Waals surface area contributed by atoms with E-state index < -0.39 is 0 Å². The Morgan fingerprint density at radius 1 is 1.47 bits per heavy atom. The van der Waals surface area contributed by atoms with Crippen LogP contribution in [0.25, 0.3) is 0 Å². The van der Waals surface area contributed by atoms with E-state index in [1.54, 1.807) is 12.3 Å². The Morgan fingerprint density at radius 2 is 2.26 bits per heavy atom. The predicted octanol–water partition coefficient (Wildman–Crippen LogP) is 2.78. The van der Waals surface area contributed by atoms with E-state index >= 15 is 0 Å². The van der Waals surface area contributed by atoms with Crippen LogP contribution in [0.4, 0.5) is 5.82 Å². The second-order valence-electron chi connectivity index (χ2n) is 5.15. The Labute approximate surface area is 115 Å². The lowest BCUT2D eigenvalue weighted by Gasteiger charge is -2.22. The Kier molecular flexibility index (Phi) is 4.77. The number of hydrogen-bond donors (Lipinski definition) is 1. The molecule has 1 heterocycles. The van der Waals surface area contributed by atoms with Crippen molar-refractivity contribution in [2.75, 3.05) is 25.0 Å². The van der Waals surface area contributed by atoms with Gasteiger partial charge in [0.25, 0.3) is 5.91 Å². The summed E-state index contributed by atoms with van der Waals surface area (Å²) in [4.78, 5) is 18.7. The summed E-state index contributed by atoms with van der Waals surface area (Å²) in [6.07, 6.45) is 5.25. The highest BCUT2D eigenvalue weighted by Gasteiger charge is 2.26. The molecule has 4 nitrogen and oxygen atoms in total. The van der Waals surface area contributed by atoms with Crippen molar-refractivity contribution in [2.45, 2.75) is 33.1 Å². The monoisotopic (exact) mass is 261 g/mol. The SMILES string of the molecule is CCCN(CC1CC1)C(=O)c1ccnc(NCC)c1. The fourth-order valence-electron chi connectivity index (χ4n) is 2.18. The lowest BCUT2D eigenvalue weighted by Crippen LogP contribution is -2.33. The van der Waals surface area contributed by atoms with Crippen LogP contribution in [0.3, 0.4) is 0 Å². The van der Waals surface area contributed by atoms with Gasteiger partial charge in [-0.15, -0.1) is 0 Å². The summed E-state index contributed by atoms with van der Waals surface area (Å²) in [5.74, 6) is 1.64. The van der Waals surface area contributed by atoms with Crippen LogP contribution < -0.4 is 5.32 Å². The molecule has 104 valence electrons. The number of anilines is 1. The molecule has 1 N–H and O–H groups in total. The van der Waals surface area contributed by atoms with Gasteiger partial charge < -0.3 is 10.2 Å². The van der Waals surface area contributed by atoms with Gasteiger partial charge in [0.1, 0.15) is 5.82 Å². The summed E-state index contributed by atoms with van der Waals surface area (Å²) in [6.45, 7) is 6.70. The van der Waals surface area contributed by atoms with E-state index in [-0.39, 0.29) is 5.91 Å². The summed E-state index contributed by atoms with van der Waals surface area (Å²) in [5, 5.41) is 3.14. The van der Waals surface area contributed by atoms with E-state index in [0.717, 1.165) is 43.4 Å². The molecule has 0 radical (unpaired) electrons. The highest BCUT2D eigenvalue weighted by Crippen LogP contribution is 2.30. The third-order valence-electron chi connectivity index (χ3n) is 3.32. The van der Waals surface area contributed by atoms with Crippen molar-refractivity contribution < 1.29 is 4.79 Å². The Balaban J connectivity index is 2.08. The minimum atomic E-state index is 0.135. The fraction of sp³-hybridized carbons (Fsp3) is 0.600. The number of aromatic nitrogens is 1. The summed E-state index contributed by atoms with van der Waals surface area (Å²) in [7, 11) is 0. The van der Waals surface area contributed by atoms with Crippen LogP contribution in [0.5, 0.6) is 0 Å². The molecule has 19 heavy (non-hydrogen) atoms. The summed E-state index contributed by atoms with van der Waals surface area (Å²) < 4.78 is 0. The van der Waals surface area contributed by atoms with E-state index in [9.17, 15) is 4.79 Å². The second kappa shape index (κ2) is 6.55. The van der Waals surface area contributed by atoms with Crippen LogP contribution in [0.1, 0.15) is 43.5 Å². The second-order valence-corrected chi connectivity index (χ2v) is 5.15. The Hall–Kier alpha value is -1.58. The summed E-state index contributed by atoms with van der Waals surface area (Å²) in [5.41, 5.74) is 0.736. The van der Waals surface area contributed by atoms with Crippen LogP contribution in [-0.4, -0.2) is 35.4 Å². The smallest absolute Gasteiger partial charge is 0.254 e. The van der Waals surface area contributed by atoms with Crippen molar-refractivity contribution in [3.63, 3.8) is 0 Å². The molecule has 0 aliphatic heterocycles. The number of pyridine rings is 1. The molecular formula is C15H23N3O. The molecule has 1 aliphatic carbocycles. The molecule has 1 aromatic heterocycles. The zero-order valence-corrected chi connectivity index (χ0v) is 11.9. The van der Waals surface area contributed by atoms with Gasteiger partial charge in [0.2, 0.25) is 0 Å². The number of carbonyl (C=O) groups excluding carboxylic acids is 1. The molecule has 1 aliphatic rings. The Morgan fingerprint density at radius 3 is 2.89 bits per heavy atom. The molecule has 1 fully saturated rings. The minimum Gasteiger partial charge on any atom is -0.370 e. The lowest BCUT2D eigenvalue weighted by molar-refractivity contribution is 0.0747. The third-order valence-corrected chi connectivity index (χ3v) is 3.32. The van der Waals surface area contributed by atoms with Crippen molar-refractivity contribution in [1.29, 1.82) is 0 Å². The van der Waals surface area contributed by atoms with E-state index in [1.165, 1.54) is 12.8 Å². The quantitative estimate of drug-likeness (QED) is 0.821. The van der Waals surface area contributed by atoms with E-state index in [0.29, 0.717) is 0 Å². The summed E-state index contributed by atoms with van der Waals surface area (Å²) in [6, 6.07) is 3.65. The molecule has 0 spiro atoms. The number of carbonyl (C=O) groups is 1. The van der Waals surface area contributed by atoms with Crippen LogP contribution in [-0.2, 0) is 0 Å². The van der Waals surface area contributed by atoms with Crippen LogP contribution in [0.15, 0.2) is 18.3 Å². The molecule has 0 saturated heterocycles. The van der Waals surface area contributed by atoms with Gasteiger partial charge >= 0.3 is 0 Å². The van der Waals surface area contributed by atoms with Gasteiger partial charge in [-0.1, -0.05) is 6.92 Å². The van der Waals surface area contributed by atoms with Gasteiger partial charge in [-0.2, -0.15) is 0 Å². The zero-order chi connectivity index (χ0) is 13.7. The molecule has 0 bridgehead atoms. The van der Waals surface area contributed by atoms with Crippen molar-refractivity contribution in [1.82, 2.24) is 9.88 Å². The van der Waals surface area contributed by atoms with E-state index in [4.69, 9.17) is 0 Å². The molecular weight excluding hydrogens is 238 g/mol. The van der Waals surface area contributed by atoms with Crippen molar-refractivity contribution >= 4 is 11.7 Å². The van der Waals surface area contributed by atoms with Gasteiger partial charge in [0, 0.05) is 31.4 Å². The van der Waals surface area contributed by atoms with E-state index in [2.05, 4.69) is 17.2 Å². The van der Waals surface area contributed by atoms with Crippen LogP contribution in [0.2, 0.25) is 0 Å². The first-order valence-corrected chi connectivity index (χ1v) is 7.23. The van der Waals surface area contributed by atoms with Gasteiger partial charge in [-0.3, -0.25) is 4.79 Å². The number of nitrogens with one attached hydrogen (secondary N) is 1. The molecule has 2 rings (SSSR count). The number of amides is 1.